The van der Waals surface area contributed by atoms with Crippen LogP contribution in [-0.4, -0.2) is 20.7 Å². The van der Waals surface area contributed by atoms with E-state index in [2.05, 4.69) is 15.4 Å². The van der Waals surface area contributed by atoms with Gasteiger partial charge in [0.15, 0.2) is 5.69 Å². The van der Waals surface area contributed by atoms with Crippen molar-refractivity contribution in [2.75, 3.05) is 5.32 Å². The molecule has 1 aliphatic rings. The van der Waals surface area contributed by atoms with Gasteiger partial charge in [-0.25, -0.2) is 9.67 Å². The molecule has 0 aliphatic heterocycles. The van der Waals surface area contributed by atoms with Gasteiger partial charge in [0.05, 0.1) is 17.6 Å². The van der Waals surface area contributed by atoms with Crippen LogP contribution >= 0.6 is 0 Å². The molecule has 0 atom stereocenters. The maximum Gasteiger partial charge on any atom is 0.276 e. The number of benzene rings is 2. The van der Waals surface area contributed by atoms with Crippen molar-refractivity contribution in [3.05, 3.63) is 102 Å². The molecule has 6 nitrogen and oxygen atoms in total. The van der Waals surface area contributed by atoms with E-state index in [1.807, 2.05) is 65.3 Å². The van der Waals surface area contributed by atoms with Gasteiger partial charge < -0.3 is 10.1 Å². The van der Waals surface area contributed by atoms with Crippen LogP contribution in [0.2, 0.25) is 0 Å². The van der Waals surface area contributed by atoms with Crippen LogP contribution < -0.4 is 10.1 Å². The van der Waals surface area contributed by atoms with Gasteiger partial charge in [-0.3, -0.25) is 4.79 Å². The molecular weight excluding hydrogens is 388 g/mol. The van der Waals surface area contributed by atoms with Crippen molar-refractivity contribution >= 4 is 11.6 Å². The number of hydrogen-bond acceptors (Lipinski definition) is 4. The smallest absolute Gasteiger partial charge is 0.276 e. The summed E-state index contributed by atoms with van der Waals surface area (Å²) in [6.45, 7) is 0.447. The number of fused-ring (bicyclic) bond motifs is 1. The molecule has 1 aliphatic carbocycles. The molecule has 0 spiro atoms. The molecule has 1 N–H and O–H groups in total. The second-order valence-corrected chi connectivity index (χ2v) is 7.49. The molecule has 4 aromatic rings. The molecule has 0 saturated carbocycles. The quantitative estimate of drug-likeness (QED) is 0.505. The van der Waals surface area contributed by atoms with E-state index < -0.39 is 0 Å². The fraction of sp³-hybridized carbons (Fsp3) is 0.160. The van der Waals surface area contributed by atoms with E-state index in [0.29, 0.717) is 23.9 Å². The first-order valence-corrected chi connectivity index (χ1v) is 10.4. The lowest BCUT2D eigenvalue weighted by Gasteiger charge is -2.07. The summed E-state index contributed by atoms with van der Waals surface area (Å²) in [4.78, 5) is 17.3. The molecule has 154 valence electrons. The second kappa shape index (κ2) is 8.44. The maximum absolute atomic E-state index is 13.0. The highest BCUT2D eigenvalue weighted by atomic mass is 16.5. The van der Waals surface area contributed by atoms with Crippen LogP contribution in [0.5, 0.6) is 5.88 Å². The Morgan fingerprint density at radius 3 is 2.48 bits per heavy atom. The highest BCUT2D eigenvalue weighted by Crippen LogP contribution is 2.28. The third kappa shape index (κ3) is 4.05. The highest BCUT2D eigenvalue weighted by molar-refractivity contribution is 6.04. The van der Waals surface area contributed by atoms with Crippen LogP contribution in [0.1, 0.15) is 33.7 Å². The Kier molecular flexibility index (Phi) is 5.19. The topological polar surface area (TPSA) is 69.0 Å². The minimum Gasteiger partial charge on any atom is -0.473 e. The third-order valence-electron chi connectivity index (χ3n) is 5.37. The number of hydrogen-bond donors (Lipinski definition) is 1. The molecule has 6 heteroatoms. The molecule has 0 radical (unpaired) electrons. The van der Waals surface area contributed by atoms with E-state index in [4.69, 9.17) is 4.74 Å². The number of anilines is 1. The lowest BCUT2D eigenvalue weighted by molar-refractivity contribution is 0.102. The second-order valence-electron chi connectivity index (χ2n) is 7.49. The van der Waals surface area contributed by atoms with Gasteiger partial charge in [0.25, 0.3) is 5.91 Å². The van der Waals surface area contributed by atoms with Crippen LogP contribution in [0.4, 0.5) is 5.69 Å². The Morgan fingerprint density at radius 2 is 1.74 bits per heavy atom. The number of aromatic nitrogens is 3. The molecule has 0 fully saturated rings. The summed E-state index contributed by atoms with van der Waals surface area (Å²) < 4.78 is 7.61. The lowest BCUT2D eigenvalue weighted by atomic mass is 10.2. The Balaban J connectivity index is 1.29. The van der Waals surface area contributed by atoms with Crippen molar-refractivity contribution in [2.24, 2.45) is 0 Å². The number of amides is 1. The SMILES string of the molecule is O=C(Nc1ccc(OCc2ccccc2)nc1)c1nn(-c2ccccc2)c2c1CCC2. The van der Waals surface area contributed by atoms with Crippen LogP contribution in [0.15, 0.2) is 79.0 Å². The van der Waals surface area contributed by atoms with Crippen LogP contribution in [-0.2, 0) is 19.4 Å². The van der Waals surface area contributed by atoms with Gasteiger partial charge in [0, 0.05) is 17.3 Å². The standard InChI is InChI=1S/C25H22N4O2/c30-25(24-21-12-7-13-22(21)29(28-24)20-10-5-2-6-11-20)27-19-14-15-23(26-16-19)31-17-18-8-3-1-4-9-18/h1-6,8-11,14-16H,7,12-13,17H2,(H,27,30). The van der Waals surface area contributed by atoms with Crippen LogP contribution in [0.25, 0.3) is 5.69 Å². The fourth-order valence-electron chi connectivity index (χ4n) is 3.86. The molecule has 1 amide bonds. The molecule has 5 rings (SSSR count). The van der Waals surface area contributed by atoms with Gasteiger partial charge >= 0.3 is 0 Å². The summed E-state index contributed by atoms with van der Waals surface area (Å²) in [6, 6.07) is 23.4. The molecule has 2 aromatic carbocycles. The first kappa shape index (κ1) is 19.1. The Hall–Kier alpha value is -3.93. The number of pyridine rings is 1. The van der Waals surface area contributed by atoms with E-state index in [-0.39, 0.29) is 5.91 Å². The summed E-state index contributed by atoms with van der Waals surface area (Å²) >= 11 is 0. The fourth-order valence-corrected chi connectivity index (χ4v) is 3.86. The van der Waals surface area contributed by atoms with Crippen LogP contribution in [0, 0.1) is 0 Å². The Bertz CT molecular complexity index is 1190. The zero-order valence-electron chi connectivity index (χ0n) is 17.0. The van der Waals surface area contributed by atoms with E-state index in [9.17, 15) is 4.79 Å². The summed E-state index contributed by atoms with van der Waals surface area (Å²) in [6.07, 6.45) is 4.44. The zero-order valence-corrected chi connectivity index (χ0v) is 17.0. The molecule has 2 aromatic heterocycles. The predicted molar refractivity (Wildman–Crippen MR) is 119 cm³/mol. The zero-order chi connectivity index (χ0) is 21.0. The van der Waals surface area contributed by atoms with E-state index in [1.54, 1.807) is 18.3 Å². The average Bonchev–Trinajstić information content (AvgIpc) is 3.43. The molecule has 0 bridgehead atoms. The largest absolute Gasteiger partial charge is 0.473 e. The summed E-state index contributed by atoms with van der Waals surface area (Å²) in [5.74, 6) is 0.295. The van der Waals surface area contributed by atoms with Crippen molar-refractivity contribution in [1.29, 1.82) is 0 Å². The molecular formula is C25H22N4O2. The Labute approximate surface area is 180 Å². The molecule has 0 unspecified atom stereocenters. The van der Waals surface area contributed by atoms with E-state index in [0.717, 1.165) is 41.8 Å². The normalized spacial score (nSPS) is 12.4. The number of ether oxygens (including phenoxy) is 1. The summed E-state index contributed by atoms with van der Waals surface area (Å²) in [7, 11) is 0. The van der Waals surface area contributed by atoms with E-state index >= 15 is 0 Å². The predicted octanol–water partition coefficient (Wildman–Crippen LogP) is 4.59. The third-order valence-corrected chi connectivity index (χ3v) is 5.37. The van der Waals surface area contributed by atoms with Gasteiger partial charge in [0.2, 0.25) is 5.88 Å². The Morgan fingerprint density at radius 1 is 0.968 bits per heavy atom. The minimum atomic E-state index is -0.215. The van der Waals surface area contributed by atoms with Gasteiger partial charge in [-0.15, -0.1) is 0 Å². The number of carbonyl (C=O) groups is 1. The van der Waals surface area contributed by atoms with Gasteiger partial charge in [0.1, 0.15) is 6.61 Å². The first-order valence-electron chi connectivity index (χ1n) is 10.4. The van der Waals surface area contributed by atoms with Gasteiger partial charge in [-0.2, -0.15) is 5.10 Å². The van der Waals surface area contributed by atoms with Crippen LogP contribution in [0.3, 0.4) is 0 Å². The van der Waals surface area contributed by atoms with Crippen molar-refractivity contribution in [1.82, 2.24) is 14.8 Å². The summed E-state index contributed by atoms with van der Waals surface area (Å²) in [5, 5.41) is 7.56. The van der Waals surface area contributed by atoms with Crippen molar-refractivity contribution in [3.8, 4) is 11.6 Å². The molecule has 2 heterocycles. The van der Waals surface area contributed by atoms with Crippen molar-refractivity contribution < 1.29 is 9.53 Å². The first-order chi connectivity index (χ1) is 15.3. The molecule has 0 saturated heterocycles. The highest BCUT2D eigenvalue weighted by Gasteiger charge is 2.27. The minimum absolute atomic E-state index is 0.215. The van der Waals surface area contributed by atoms with Crippen molar-refractivity contribution in [3.63, 3.8) is 0 Å². The monoisotopic (exact) mass is 410 g/mol. The number of carbonyl (C=O) groups excluding carboxylic acids is 1. The van der Waals surface area contributed by atoms with Crippen molar-refractivity contribution in [2.45, 2.75) is 25.9 Å². The number of nitrogens with zero attached hydrogens (tertiary/aromatic N) is 3. The number of nitrogens with one attached hydrogen (secondary N) is 1. The summed E-state index contributed by atoms with van der Waals surface area (Å²) in [5.41, 5.74) is 5.31. The van der Waals surface area contributed by atoms with Gasteiger partial charge in [-0.05, 0) is 43.0 Å². The number of rotatable bonds is 6. The average molecular weight is 410 g/mol. The van der Waals surface area contributed by atoms with E-state index in [1.165, 1.54) is 0 Å². The maximum atomic E-state index is 13.0. The van der Waals surface area contributed by atoms with Gasteiger partial charge in [-0.1, -0.05) is 48.5 Å². The lowest BCUT2D eigenvalue weighted by Crippen LogP contribution is -2.15. The molecule has 31 heavy (non-hydrogen) atoms. The number of para-hydroxylation sites is 1.